The lowest BCUT2D eigenvalue weighted by molar-refractivity contribution is -0.117. The van der Waals surface area contributed by atoms with Crippen molar-refractivity contribution in [3.05, 3.63) is 52.0 Å². The standard InChI is InChI=1S/C16H11Cl2N3O3/c17-10-5-6-11-13(14(10)18)15(16(24)19-11)21-20-12(23)7-8-1-3-9(22)4-2-8/h1-6,19,22,24H,7H2. The molecular weight excluding hydrogens is 353 g/mol. The lowest BCUT2D eigenvalue weighted by atomic mass is 10.1. The molecule has 8 heteroatoms. The molecule has 0 saturated heterocycles. The number of hydrogen-bond donors (Lipinski definition) is 3. The van der Waals surface area contributed by atoms with Gasteiger partial charge in [-0.2, -0.15) is 0 Å². The number of hydrogen-bond acceptors (Lipinski definition) is 4. The van der Waals surface area contributed by atoms with Gasteiger partial charge in [0.1, 0.15) is 5.75 Å². The predicted octanol–water partition coefficient (Wildman–Crippen LogP) is 4.74. The summed E-state index contributed by atoms with van der Waals surface area (Å²) in [5.41, 5.74) is 1.26. The molecule has 1 heterocycles. The van der Waals surface area contributed by atoms with Crippen LogP contribution < -0.4 is 0 Å². The van der Waals surface area contributed by atoms with Gasteiger partial charge in [0.05, 0.1) is 27.4 Å². The quantitative estimate of drug-likeness (QED) is 0.586. The number of carbonyl (C=O) groups is 1. The van der Waals surface area contributed by atoms with Gasteiger partial charge < -0.3 is 15.2 Å². The third-order valence-electron chi connectivity index (χ3n) is 3.36. The minimum atomic E-state index is -0.507. The minimum Gasteiger partial charge on any atom is -0.508 e. The number of aromatic nitrogens is 1. The van der Waals surface area contributed by atoms with Crippen LogP contribution in [0.1, 0.15) is 5.56 Å². The number of rotatable bonds is 3. The molecule has 0 atom stereocenters. The second kappa shape index (κ2) is 6.51. The average molecular weight is 364 g/mol. The van der Waals surface area contributed by atoms with E-state index in [1.54, 1.807) is 24.3 Å². The smallest absolute Gasteiger partial charge is 0.269 e. The van der Waals surface area contributed by atoms with E-state index in [-0.39, 0.29) is 28.8 Å². The highest BCUT2D eigenvalue weighted by Crippen LogP contribution is 2.42. The molecule has 6 nitrogen and oxygen atoms in total. The Morgan fingerprint density at radius 1 is 1.08 bits per heavy atom. The predicted molar refractivity (Wildman–Crippen MR) is 91.3 cm³/mol. The van der Waals surface area contributed by atoms with Crippen molar-refractivity contribution in [2.75, 3.05) is 0 Å². The van der Waals surface area contributed by atoms with Gasteiger partial charge in [-0.25, -0.2) is 0 Å². The number of carbonyl (C=O) groups excluding carboxylic acids is 1. The number of nitrogens with one attached hydrogen (secondary N) is 1. The van der Waals surface area contributed by atoms with E-state index in [0.717, 1.165) is 0 Å². The van der Waals surface area contributed by atoms with Crippen LogP contribution in [0.15, 0.2) is 46.6 Å². The molecule has 0 spiro atoms. The van der Waals surface area contributed by atoms with Crippen molar-refractivity contribution in [3.63, 3.8) is 0 Å². The maximum atomic E-state index is 11.9. The van der Waals surface area contributed by atoms with E-state index < -0.39 is 5.91 Å². The molecule has 0 aliphatic rings. The molecule has 24 heavy (non-hydrogen) atoms. The number of phenols is 1. The number of amides is 1. The minimum absolute atomic E-state index is 0.0153. The van der Waals surface area contributed by atoms with Crippen molar-refractivity contribution >= 4 is 45.7 Å². The third kappa shape index (κ3) is 3.20. The van der Waals surface area contributed by atoms with E-state index in [0.29, 0.717) is 21.5 Å². The number of aromatic hydroxyl groups is 2. The molecule has 1 aromatic heterocycles. The third-order valence-corrected chi connectivity index (χ3v) is 4.17. The first-order valence-electron chi connectivity index (χ1n) is 6.87. The summed E-state index contributed by atoms with van der Waals surface area (Å²) >= 11 is 12.1. The number of benzene rings is 2. The van der Waals surface area contributed by atoms with Crippen LogP contribution in [0.5, 0.6) is 11.6 Å². The van der Waals surface area contributed by atoms with Crippen LogP contribution >= 0.6 is 23.2 Å². The van der Waals surface area contributed by atoms with Gasteiger partial charge in [-0.15, -0.1) is 10.2 Å². The van der Waals surface area contributed by atoms with Crippen molar-refractivity contribution in [3.8, 4) is 11.6 Å². The summed E-state index contributed by atoms with van der Waals surface area (Å²) in [5.74, 6) is -0.647. The Morgan fingerprint density at radius 3 is 2.50 bits per heavy atom. The summed E-state index contributed by atoms with van der Waals surface area (Å²) in [7, 11) is 0. The fourth-order valence-corrected chi connectivity index (χ4v) is 2.63. The van der Waals surface area contributed by atoms with E-state index in [9.17, 15) is 15.0 Å². The highest BCUT2D eigenvalue weighted by molar-refractivity contribution is 6.46. The van der Waals surface area contributed by atoms with E-state index in [2.05, 4.69) is 15.2 Å². The zero-order chi connectivity index (χ0) is 17.3. The number of nitrogens with zero attached hydrogens (tertiary/aromatic N) is 2. The molecule has 0 fully saturated rings. The molecule has 0 aliphatic carbocycles. The lowest BCUT2D eigenvalue weighted by Gasteiger charge is -1.99. The first kappa shape index (κ1) is 16.3. The van der Waals surface area contributed by atoms with Gasteiger partial charge in [-0.3, -0.25) is 4.79 Å². The lowest BCUT2D eigenvalue weighted by Crippen LogP contribution is -1.97. The first-order valence-corrected chi connectivity index (χ1v) is 7.62. The van der Waals surface area contributed by atoms with Crippen LogP contribution in [0.4, 0.5) is 5.69 Å². The normalized spacial score (nSPS) is 11.4. The Labute approximate surface area is 146 Å². The van der Waals surface area contributed by atoms with Crippen LogP contribution in [-0.2, 0) is 11.2 Å². The Balaban J connectivity index is 1.87. The highest BCUT2D eigenvalue weighted by atomic mass is 35.5. The van der Waals surface area contributed by atoms with Gasteiger partial charge in [0.15, 0.2) is 5.69 Å². The summed E-state index contributed by atoms with van der Waals surface area (Å²) in [6.45, 7) is 0. The Bertz CT molecular complexity index is 949. The fourth-order valence-electron chi connectivity index (χ4n) is 2.22. The molecule has 2 aromatic carbocycles. The van der Waals surface area contributed by atoms with Crippen molar-refractivity contribution in [2.45, 2.75) is 6.42 Å². The van der Waals surface area contributed by atoms with Crippen LogP contribution in [0, 0.1) is 0 Å². The fraction of sp³-hybridized carbons (Fsp3) is 0.0625. The molecule has 0 aliphatic heterocycles. The van der Waals surface area contributed by atoms with Gasteiger partial charge in [0.25, 0.3) is 5.91 Å². The number of aromatic amines is 1. The second-order valence-electron chi connectivity index (χ2n) is 5.04. The molecule has 1 amide bonds. The monoisotopic (exact) mass is 363 g/mol. The molecule has 0 bridgehead atoms. The van der Waals surface area contributed by atoms with Gasteiger partial charge >= 0.3 is 0 Å². The second-order valence-corrected chi connectivity index (χ2v) is 5.83. The number of H-pyrrole nitrogens is 1. The SMILES string of the molecule is O=C(Cc1ccc(O)cc1)N=Nc1c(O)[nH]c2ccc(Cl)c(Cl)c12. The van der Waals surface area contributed by atoms with Crippen molar-refractivity contribution in [1.82, 2.24) is 4.98 Å². The van der Waals surface area contributed by atoms with Gasteiger partial charge in [-0.05, 0) is 29.8 Å². The van der Waals surface area contributed by atoms with Crippen molar-refractivity contribution in [1.29, 1.82) is 0 Å². The molecule has 3 N–H and O–H groups in total. The summed E-state index contributed by atoms with van der Waals surface area (Å²) in [4.78, 5) is 14.6. The van der Waals surface area contributed by atoms with E-state index >= 15 is 0 Å². The summed E-state index contributed by atoms with van der Waals surface area (Å²) in [6.07, 6.45) is 0.0153. The number of phenolic OH excluding ortho intramolecular Hbond substituents is 1. The Morgan fingerprint density at radius 2 is 1.79 bits per heavy atom. The number of halogens is 2. The topological polar surface area (TPSA) is 98.0 Å². The van der Waals surface area contributed by atoms with Crippen LogP contribution in [0.25, 0.3) is 10.9 Å². The summed E-state index contributed by atoms with van der Waals surface area (Å²) < 4.78 is 0. The van der Waals surface area contributed by atoms with Crippen LogP contribution in [-0.4, -0.2) is 21.1 Å². The molecule has 3 aromatic rings. The molecule has 0 unspecified atom stereocenters. The van der Waals surface area contributed by atoms with Crippen molar-refractivity contribution < 1.29 is 15.0 Å². The molecule has 0 saturated carbocycles. The van der Waals surface area contributed by atoms with E-state index in [1.165, 1.54) is 12.1 Å². The van der Waals surface area contributed by atoms with E-state index in [1.807, 2.05) is 0 Å². The maximum Gasteiger partial charge on any atom is 0.269 e. The van der Waals surface area contributed by atoms with Crippen LogP contribution in [0.3, 0.4) is 0 Å². The van der Waals surface area contributed by atoms with Crippen LogP contribution in [0.2, 0.25) is 10.0 Å². The highest BCUT2D eigenvalue weighted by Gasteiger charge is 2.16. The molecular formula is C16H11Cl2N3O3. The Hall–Kier alpha value is -2.57. The van der Waals surface area contributed by atoms with Crippen molar-refractivity contribution in [2.24, 2.45) is 10.2 Å². The number of fused-ring (bicyclic) bond motifs is 1. The largest absolute Gasteiger partial charge is 0.508 e. The summed E-state index contributed by atoms with van der Waals surface area (Å²) in [6, 6.07) is 9.41. The molecule has 3 rings (SSSR count). The van der Waals surface area contributed by atoms with Gasteiger partial charge in [0.2, 0.25) is 5.88 Å². The maximum absolute atomic E-state index is 11.9. The zero-order valence-electron chi connectivity index (χ0n) is 12.1. The molecule has 122 valence electrons. The van der Waals surface area contributed by atoms with E-state index in [4.69, 9.17) is 23.2 Å². The summed E-state index contributed by atoms with van der Waals surface area (Å²) in [5, 5.41) is 27.5. The average Bonchev–Trinajstić information content (AvgIpc) is 2.87. The number of azo groups is 1. The zero-order valence-corrected chi connectivity index (χ0v) is 13.6. The first-order chi connectivity index (χ1) is 11.5. The van der Waals surface area contributed by atoms with Gasteiger partial charge in [-0.1, -0.05) is 35.3 Å². The Kier molecular flexibility index (Phi) is 4.42. The molecule has 0 radical (unpaired) electrons. The van der Waals surface area contributed by atoms with Gasteiger partial charge in [0, 0.05) is 0 Å².